The lowest BCUT2D eigenvalue weighted by atomic mass is 10.2. The van der Waals surface area contributed by atoms with Crippen molar-refractivity contribution in [1.29, 1.82) is 0 Å². The van der Waals surface area contributed by atoms with E-state index in [0.717, 1.165) is 34.4 Å². The second-order valence-electron chi connectivity index (χ2n) is 4.79. The molecule has 0 N–H and O–H groups in total. The van der Waals surface area contributed by atoms with Crippen molar-refractivity contribution in [2.45, 2.75) is 51.5 Å². The zero-order valence-electron chi connectivity index (χ0n) is 11.4. The van der Waals surface area contributed by atoms with E-state index in [1.807, 2.05) is 19.2 Å². The number of fused-ring (bicyclic) bond motifs is 1. The molecule has 2 rings (SSSR count). The third-order valence-corrected chi connectivity index (χ3v) is 3.80. The third-order valence-electron chi connectivity index (χ3n) is 3.17. The summed E-state index contributed by atoms with van der Waals surface area (Å²) in [4.78, 5) is 9.09. The van der Waals surface area contributed by atoms with E-state index in [9.17, 15) is 0 Å². The van der Waals surface area contributed by atoms with Gasteiger partial charge in [-0.3, -0.25) is 0 Å². The third kappa shape index (κ3) is 3.48. The van der Waals surface area contributed by atoms with Crippen LogP contribution >= 0.6 is 27.5 Å². The number of unbranched alkanes of at least 4 members (excludes halogenated alkanes) is 3. The van der Waals surface area contributed by atoms with Gasteiger partial charge < -0.3 is 4.57 Å². The lowest BCUT2D eigenvalue weighted by Crippen LogP contribution is -2.05. The Morgan fingerprint density at radius 2 is 2.16 bits per heavy atom. The summed E-state index contributed by atoms with van der Waals surface area (Å²) in [5.74, 6) is 0.916. The first-order valence-electron chi connectivity index (χ1n) is 6.79. The van der Waals surface area contributed by atoms with Gasteiger partial charge in [0.05, 0.1) is 5.38 Å². The lowest BCUT2D eigenvalue weighted by molar-refractivity contribution is 0.572. The molecular weight excluding hydrogens is 326 g/mol. The molecule has 0 saturated heterocycles. The van der Waals surface area contributed by atoms with E-state index in [1.54, 1.807) is 0 Å². The first-order chi connectivity index (χ1) is 9.13. The number of halogens is 2. The quantitative estimate of drug-likeness (QED) is 0.541. The Morgan fingerprint density at radius 1 is 1.37 bits per heavy atom. The van der Waals surface area contributed by atoms with Gasteiger partial charge in [-0.2, -0.15) is 0 Å². The summed E-state index contributed by atoms with van der Waals surface area (Å²) >= 11 is 9.67. The molecule has 0 saturated carbocycles. The van der Waals surface area contributed by atoms with Crippen molar-refractivity contribution < 1.29 is 0 Å². The Bertz CT molecular complexity index is 551. The zero-order valence-corrected chi connectivity index (χ0v) is 13.7. The van der Waals surface area contributed by atoms with Crippen molar-refractivity contribution in [2.24, 2.45) is 0 Å². The monoisotopic (exact) mass is 343 g/mol. The largest absolute Gasteiger partial charge is 0.311 e. The molecule has 2 aromatic heterocycles. The number of imidazole rings is 1. The topological polar surface area (TPSA) is 30.7 Å². The molecule has 5 heteroatoms. The fraction of sp³-hybridized carbons (Fsp3) is 0.571. The fourth-order valence-electron chi connectivity index (χ4n) is 2.22. The smallest absolute Gasteiger partial charge is 0.160 e. The Hall–Kier alpha value is -0.610. The summed E-state index contributed by atoms with van der Waals surface area (Å²) < 4.78 is 3.11. The summed E-state index contributed by atoms with van der Waals surface area (Å²) in [6.45, 7) is 5.12. The van der Waals surface area contributed by atoms with Crippen LogP contribution in [0.1, 0.15) is 50.7 Å². The van der Waals surface area contributed by atoms with Gasteiger partial charge in [-0.25, -0.2) is 9.97 Å². The van der Waals surface area contributed by atoms with Crippen LogP contribution in [0.4, 0.5) is 0 Å². The van der Waals surface area contributed by atoms with Gasteiger partial charge in [0.25, 0.3) is 0 Å². The number of nitrogens with zero attached hydrogens (tertiary/aromatic N) is 3. The van der Waals surface area contributed by atoms with Crippen molar-refractivity contribution >= 4 is 38.7 Å². The molecule has 104 valence electrons. The van der Waals surface area contributed by atoms with Gasteiger partial charge >= 0.3 is 0 Å². The van der Waals surface area contributed by atoms with Crippen LogP contribution in [0.3, 0.4) is 0 Å². The summed E-state index contributed by atoms with van der Waals surface area (Å²) in [5.41, 5.74) is 1.84. The molecule has 1 atom stereocenters. The van der Waals surface area contributed by atoms with Crippen LogP contribution in [-0.4, -0.2) is 14.5 Å². The minimum Gasteiger partial charge on any atom is -0.311 e. The van der Waals surface area contributed by atoms with Crippen molar-refractivity contribution in [2.75, 3.05) is 0 Å². The van der Waals surface area contributed by atoms with Crippen molar-refractivity contribution in [3.63, 3.8) is 0 Å². The molecule has 2 heterocycles. The van der Waals surface area contributed by atoms with Crippen molar-refractivity contribution in [1.82, 2.24) is 14.5 Å². The second kappa shape index (κ2) is 6.71. The molecule has 0 amide bonds. The molecule has 0 aliphatic rings. The van der Waals surface area contributed by atoms with E-state index in [4.69, 9.17) is 11.6 Å². The number of aryl methyl sites for hydroxylation is 1. The number of aromatic nitrogens is 3. The molecule has 0 aromatic carbocycles. The number of pyridine rings is 1. The highest BCUT2D eigenvalue weighted by Gasteiger charge is 2.15. The Balaban J connectivity index is 2.30. The molecule has 0 radical (unpaired) electrons. The number of hydrogen-bond donors (Lipinski definition) is 0. The normalized spacial score (nSPS) is 13.1. The molecule has 0 spiro atoms. The maximum absolute atomic E-state index is 6.24. The summed E-state index contributed by atoms with van der Waals surface area (Å²) in [7, 11) is 0. The van der Waals surface area contributed by atoms with E-state index < -0.39 is 0 Å². The highest BCUT2D eigenvalue weighted by atomic mass is 79.9. The average Bonchev–Trinajstić information content (AvgIpc) is 2.72. The first-order valence-corrected chi connectivity index (χ1v) is 8.02. The molecule has 0 bridgehead atoms. The van der Waals surface area contributed by atoms with Gasteiger partial charge in [-0.15, -0.1) is 11.6 Å². The molecule has 3 nitrogen and oxygen atoms in total. The van der Waals surface area contributed by atoms with Gasteiger partial charge in [0, 0.05) is 17.2 Å². The van der Waals surface area contributed by atoms with Crippen LogP contribution in [0.25, 0.3) is 11.2 Å². The van der Waals surface area contributed by atoms with Crippen LogP contribution in [0.15, 0.2) is 16.7 Å². The summed E-state index contributed by atoms with van der Waals surface area (Å²) in [6.07, 6.45) is 6.72. The van der Waals surface area contributed by atoms with E-state index in [0.29, 0.717) is 0 Å². The Kier molecular flexibility index (Phi) is 5.22. The molecule has 0 aliphatic carbocycles. The maximum Gasteiger partial charge on any atom is 0.160 e. The summed E-state index contributed by atoms with van der Waals surface area (Å²) in [5, 5.41) is -0.0980. The maximum atomic E-state index is 6.24. The highest BCUT2D eigenvalue weighted by Crippen LogP contribution is 2.25. The van der Waals surface area contributed by atoms with E-state index in [1.165, 1.54) is 19.3 Å². The number of rotatable bonds is 6. The Labute approximate surface area is 127 Å². The standard InChI is InChI=1S/C14H19BrClN3/c1-3-4-5-6-7-19-13(10(2)16)18-12-8-11(15)9-17-14(12)19/h8-10H,3-7H2,1-2H3. The molecule has 2 aromatic rings. The molecular formula is C14H19BrClN3. The minimum atomic E-state index is -0.0980. The predicted molar refractivity (Wildman–Crippen MR) is 83.6 cm³/mol. The highest BCUT2D eigenvalue weighted by molar-refractivity contribution is 9.10. The molecule has 19 heavy (non-hydrogen) atoms. The first kappa shape index (κ1) is 14.8. The Morgan fingerprint density at radius 3 is 2.84 bits per heavy atom. The minimum absolute atomic E-state index is 0.0980. The van der Waals surface area contributed by atoms with Crippen LogP contribution in [0.5, 0.6) is 0 Å². The van der Waals surface area contributed by atoms with E-state index >= 15 is 0 Å². The fourth-order valence-corrected chi connectivity index (χ4v) is 2.71. The van der Waals surface area contributed by atoms with Crippen LogP contribution in [0, 0.1) is 0 Å². The number of alkyl halides is 1. The SMILES string of the molecule is CCCCCCn1c(C(C)Cl)nc2cc(Br)cnc21. The summed E-state index contributed by atoms with van der Waals surface area (Å²) in [6, 6.07) is 1.99. The van der Waals surface area contributed by atoms with E-state index in [-0.39, 0.29) is 5.38 Å². The molecule has 1 unspecified atom stereocenters. The van der Waals surface area contributed by atoms with Crippen LogP contribution in [-0.2, 0) is 6.54 Å². The predicted octanol–water partition coefficient (Wildman–Crippen LogP) is 5.07. The average molecular weight is 345 g/mol. The molecule has 0 aliphatic heterocycles. The van der Waals surface area contributed by atoms with Gasteiger partial charge in [-0.1, -0.05) is 26.2 Å². The van der Waals surface area contributed by atoms with Gasteiger partial charge in [-0.05, 0) is 35.3 Å². The van der Waals surface area contributed by atoms with Gasteiger partial charge in [0.15, 0.2) is 5.65 Å². The van der Waals surface area contributed by atoms with Gasteiger partial charge in [0.2, 0.25) is 0 Å². The van der Waals surface area contributed by atoms with E-state index in [2.05, 4.69) is 37.4 Å². The lowest BCUT2D eigenvalue weighted by Gasteiger charge is -2.09. The van der Waals surface area contributed by atoms with Crippen LogP contribution < -0.4 is 0 Å². The second-order valence-corrected chi connectivity index (χ2v) is 6.36. The van der Waals surface area contributed by atoms with Crippen molar-refractivity contribution in [3.05, 3.63) is 22.6 Å². The molecule has 0 fully saturated rings. The van der Waals surface area contributed by atoms with Crippen LogP contribution in [0.2, 0.25) is 0 Å². The number of hydrogen-bond acceptors (Lipinski definition) is 2. The van der Waals surface area contributed by atoms with Crippen molar-refractivity contribution in [3.8, 4) is 0 Å². The van der Waals surface area contributed by atoms with Gasteiger partial charge in [0.1, 0.15) is 11.3 Å². The zero-order chi connectivity index (χ0) is 13.8.